The molecule has 9 heteroatoms. The Kier molecular flexibility index (Phi) is 7.73. The van der Waals surface area contributed by atoms with E-state index in [0.29, 0.717) is 30.0 Å². The van der Waals surface area contributed by atoms with Crippen LogP contribution in [0.25, 0.3) is 11.3 Å². The van der Waals surface area contributed by atoms with Gasteiger partial charge < -0.3 is 10.1 Å². The van der Waals surface area contributed by atoms with Crippen LogP contribution in [0.2, 0.25) is 0 Å². The Morgan fingerprint density at radius 2 is 1.74 bits per heavy atom. The lowest BCUT2D eigenvalue weighted by atomic mass is 9.45. The Labute approximate surface area is 255 Å². The van der Waals surface area contributed by atoms with Crippen molar-refractivity contribution in [1.82, 2.24) is 15.3 Å². The van der Waals surface area contributed by atoms with Gasteiger partial charge in [-0.25, -0.2) is 18.1 Å². The van der Waals surface area contributed by atoms with Gasteiger partial charge in [0.15, 0.2) is 0 Å². The van der Waals surface area contributed by atoms with E-state index in [4.69, 9.17) is 4.74 Å². The number of amides is 1. The molecule has 2 atom stereocenters. The molecule has 3 aromatic rings. The third kappa shape index (κ3) is 5.76. The molecule has 2 saturated carbocycles. The first-order chi connectivity index (χ1) is 20.5. The fourth-order valence-corrected chi connectivity index (χ4v) is 9.02. The fourth-order valence-electron chi connectivity index (χ4n) is 8.02. The Balaban J connectivity index is 1.39. The molecule has 0 radical (unpaired) electrons. The molecule has 2 heterocycles. The predicted molar refractivity (Wildman–Crippen MR) is 167 cm³/mol. The van der Waals surface area contributed by atoms with Gasteiger partial charge in [-0.3, -0.25) is 4.79 Å². The Bertz CT molecular complexity index is 1620. The van der Waals surface area contributed by atoms with E-state index in [1.54, 1.807) is 13.1 Å². The molecule has 1 amide bonds. The van der Waals surface area contributed by atoms with Gasteiger partial charge in [0, 0.05) is 30.5 Å². The molecular formula is C34H42N4O4S. The van der Waals surface area contributed by atoms with E-state index in [9.17, 15) is 13.2 Å². The summed E-state index contributed by atoms with van der Waals surface area (Å²) in [6, 6.07) is 15.2. The molecule has 2 aromatic carbocycles. The average molecular weight is 603 g/mol. The molecule has 3 aliphatic rings. The van der Waals surface area contributed by atoms with E-state index in [1.165, 1.54) is 0 Å². The van der Waals surface area contributed by atoms with Crippen molar-refractivity contribution >= 4 is 21.9 Å². The van der Waals surface area contributed by atoms with E-state index >= 15 is 0 Å². The number of anilines is 1. The number of rotatable bonds is 5. The quantitative estimate of drug-likeness (QED) is 0.357. The molecule has 228 valence electrons. The molecule has 1 aliphatic heterocycles. The lowest BCUT2D eigenvalue weighted by molar-refractivity contribution is -0.142. The Hall–Kier alpha value is -3.46. The van der Waals surface area contributed by atoms with Gasteiger partial charge in [-0.2, -0.15) is 4.98 Å². The summed E-state index contributed by atoms with van der Waals surface area (Å²) in [5, 5.41) is 2.80. The summed E-state index contributed by atoms with van der Waals surface area (Å²) in [7, 11) is -2.25. The molecule has 1 aromatic heterocycles. The van der Waals surface area contributed by atoms with Crippen LogP contribution in [-0.2, 0) is 14.8 Å². The van der Waals surface area contributed by atoms with E-state index in [0.717, 1.165) is 54.4 Å². The fraction of sp³-hybridized carbons (Fsp3) is 0.500. The third-order valence-corrected chi connectivity index (χ3v) is 11.1. The highest BCUT2D eigenvalue weighted by Crippen LogP contribution is 2.65. The minimum absolute atomic E-state index is 0.00493. The Morgan fingerprint density at radius 1 is 1.05 bits per heavy atom. The van der Waals surface area contributed by atoms with Gasteiger partial charge in [0.25, 0.3) is 10.0 Å². The zero-order valence-electron chi connectivity index (χ0n) is 25.7. The van der Waals surface area contributed by atoms with Gasteiger partial charge in [0.2, 0.25) is 17.7 Å². The van der Waals surface area contributed by atoms with E-state index in [1.807, 2.05) is 50.2 Å². The van der Waals surface area contributed by atoms with Gasteiger partial charge in [-0.1, -0.05) is 44.2 Å². The minimum Gasteiger partial charge on any atom is -0.477 e. The van der Waals surface area contributed by atoms with Crippen LogP contribution < -0.4 is 14.8 Å². The standard InChI is InChI=1S/C34H42N4O4S/c1-20(2)12-24-19-42-29-14-28(30-21(3)8-6-9-22(30)4)36-33(37-29)38-43(40,41)27-11-7-10-23(13-27)31(24)25-15-34(16-25)17-26(18-34)32(39)35-5/h6-11,13-14,20,24-26,31H,12,15-19H2,1-5H3,(H,35,39)(H,36,37,38)/t24-,25-,26-,31?,34?/m1/s1. The molecule has 6 rings (SSSR count). The molecule has 2 aliphatic carbocycles. The van der Waals surface area contributed by atoms with Gasteiger partial charge in [-0.05, 0) is 97.9 Å². The highest BCUT2D eigenvalue weighted by molar-refractivity contribution is 7.92. The summed E-state index contributed by atoms with van der Waals surface area (Å²) in [5.74, 6) is 1.70. The molecular weight excluding hydrogens is 560 g/mol. The van der Waals surface area contributed by atoms with Crippen molar-refractivity contribution in [2.24, 2.45) is 29.1 Å². The lowest BCUT2D eigenvalue weighted by Crippen LogP contribution is -2.53. The van der Waals surface area contributed by atoms with Crippen LogP contribution in [0.4, 0.5) is 5.95 Å². The van der Waals surface area contributed by atoms with E-state index < -0.39 is 10.0 Å². The number of hydrogen-bond donors (Lipinski definition) is 2. The van der Waals surface area contributed by atoms with Crippen LogP contribution in [0.3, 0.4) is 0 Å². The number of fused-ring (bicyclic) bond motifs is 4. The van der Waals surface area contributed by atoms with Crippen LogP contribution in [0.5, 0.6) is 5.88 Å². The van der Waals surface area contributed by atoms with Crippen molar-refractivity contribution in [2.75, 3.05) is 18.4 Å². The summed E-state index contributed by atoms with van der Waals surface area (Å²) < 4.78 is 36.5. The molecule has 8 nitrogen and oxygen atoms in total. The average Bonchev–Trinajstić information content (AvgIpc) is 2.90. The van der Waals surface area contributed by atoms with Crippen LogP contribution in [0.1, 0.15) is 68.6 Å². The smallest absolute Gasteiger partial charge is 0.264 e. The predicted octanol–water partition coefficient (Wildman–Crippen LogP) is 6.25. The van der Waals surface area contributed by atoms with Crippen LogP contribution in [-0.4, -0.2) is 37.9 Å². The topological polar surface area (TPSA) is 110 Å². The molecule has 4 bridgehead atoms. The van der Waals surface area contributed by atoms with Crippen molar-refractivity contribution in [3.8, 4) is 17.1 Å². The second-order valence-electron chi connectivity index (χ2n) is 13.5. The first-order valence-corrected chi connectivity index (χ1v) is 16.9. The molecule has 43 heavy (non-hydrogen) atoms. The Morgan fingerprint density at radius 3 is 2.42 bits per heavy atom. The molecule has 2 fully saturated rings. The summed E-state index contributed by atoms with van der Waals surface area (Å²) in [6.07, 6.45) is 4.90. The maximum atomic E-state index is 13.7. The highest BCUT2D eigenvalue weighted by atomic mass is 32.2. The van der Waals surface area contributed by atoms with Crippen LogP contribution >= 0.6 is 0 Å². The minimum atomic E-state index is -3.96. The van der Waals surface area contributed by atoms with Gasteiger partial charge in [-0.15, -0.1) is 0 Å². The van der Waals surface area contributed by atoms with Gasteiger partial charge >= 0.3 is 0 Å². The zero-order valence-corrected chi connectivity index (χ0v) is 26.5. The largest absolute Gasteiger partial charge is 0.477 e. The summed E-state index contributed by atoms with van der Waals surface area (Å²) >= 11 is 0. The first-order valence-electron chi connectivity index (χ1n) is 15.4. The van der Waals surface area contributed by atoms with E-state index in [-0.39, 0.29) is 39.9 Å². The summed E-state index contributed by atoms with van der Waals surface area (Å²) in [5.41, 5.74) is 4.90. The molecule has 0 saturated heterocycles. The number of aryl methyl sites for hydroxylation is 2. The maximum absolute atomic E-state index is 13.7. The normalized spacial score (nSPS) is 27.5. The van der Waals surface area contributed by atoms with Crippen LogP contribution in [0, 0.1) is 42.9 Å². The maximum Gasteiger partial charge on any atom is 0.264 e. The summed E-state index contributed by atoms with van der Waals surface area (Å²) in [4.78, 5) is 21.6. The van der Waals surface area contributed by atoms with Crippen molar-refractivity contribution in [2.45, 2.75) is 70.6 Å². The first kappa shape index (κ1) is 29.6. The third-order valence-electron chi connectivity index (χ3n) is 9.82. The number of benzene rings is 2. The second kappa shape index (κ2) is 11.2. The monoisotopic (exact) mass is 602 g/mol. The van der Waals surface area contributed by atoms with E-state index in [2.05, 4.69) is 39.9 Å². The number of aromatic nitrogens is 2. The number of nitrogens with one attached hydrogen (secondary N) is 2. The number of nitrogens with zero attached hydrogens (tertiary/aromatic N) is 2. The molecule has 2 N–H and O–H groups in total. The highest BCUT2D eigenvalue weighted by Gasteiger charge is 2.57. The number of carbonyl (C=O) groups is 1. The van der Waals surface area contributed by atoms with Gasteiger partial charge in [0.1, 0.15) is 0 Å². The van der Waals surface area contributed by atoms with Crippen molar-refractivity contribution in [3.05, 3.63) is 65.2 Å². The van der Waals surface area contributed by atoms with Crippen molar-refractivity contribution in [1.29, 1.82) is 0 Å². The molecule has 1 unspecified atom stereocenters. The zero-order chi connectivity index (χ0) is 30.5. The van der Waals surface area contributed by atoms with Crippen molar-refractivity contribution in [3.63, 3.8) is 0 Å². The second-order valence-corrected chi connectivity index (χ2v) is 15.2. The molecule has 1 spiro atoms. The SMILES string of the molecule is CNC(=O)[C@H]1CC2(C1)C[C@H](C1c3cccc(c3)S(=O)(=O)Nc3nc(cc(-c4c(C)cccc4C)n3)OC[C@H]1CC(C)C)C2. The summed E-state index contributed by atoms with van der Waals surface area (Å²) in [6.45, 7) is 8.95. The van der Waals surface area contributed by atoms with Crippen molar-refractivity contribution < 1.29 is 17.9 Å². The lowest BCUT2D eigenvalue weighted by Gasteiger charge is -2.60. The number of hydrogen-bond acceptors (Lipinski definition) is 6. The van der Waals surface area contributed by atoms with Gasteiger partial charge in [0.05, 0.1) is 17.2 Å². The van der Waals surface area contributed by atoms with Crippen LogP contribution in [0.15, 0.2) is 53.4 Å². The number of sulfonamides is 1. The number of ether oxygens (including phenoxy) is 1. The number of carbonyl (C=O) groups excluding carboxylic acids is 1.